The first-order valence-electron chi connectivity index (χ1n) is 5.67. The molecule has 1 rings (SSSR count). The summed E-state index contributed by atoms with van der Waals surface area (Å²) in [5, 5.41) is 9.27. The van der Waals surface area contributed by atoms with Crippen molar-refractivity contribution in [2.75, 3.05) is 19.8 Å². The van der Waals surface area contributed by atoms with Gasteiger partial charge in [0.15, 0.2) is 6.29 Å². The Morgan fingerprint density at radius 3 is 2.71 bits per heavy atom. The average molecular weight is 244 g/mol. The lowest BCUT2D eigenvalue weighted by atomic mass is 9.87. The van der Waals surface area contributed by atoms with Gasteiger partial charge in [0.25, 0.3) is 5.91 Å². The van der Waals surface area contributed by atoms with Crippen LogP contribution in [0.15, 0.2) is 12.2 Å². The molecule has 0 aromatic rings. The van der Waals surface area contributed by atoms with E-state index in [4.69, 9.17) is 15.3 Å². The zero-order valence-corrected chi connectivity index (χ0v) is 10.0. The maximum Gasteiger partial charge on any atom is 0.257 e. The fourth-order valence-electron chi connectivity index (χ4n) is 1.51. The molecule has 0 spiro atoms. The van der Waals surface area contributed by atoms with Crippen molar-refractivity contribution in [2.45, 2.75) is 26.1 Å². The van der Waals surface area contributed by atoms with E-state index in [1.807, 2.05) is 12.3 Å². The second-order valence-corrected chi connectivity index (χ2v) is 4.21. The molecule has 1 aliphatic heterocycles. The minimum atomic E-state index is -0.362. The van der Waals surface area contributed by atoms with Crippen LogP contribution >= 0.6 is 0 Å². The molecule has 0 bridgehead atoms. The number of hydrogen-bond donors (Lipinski definition) is 3. The molecular formula is C11H20N2O4. The summed E-state index contributed by atoms with van der Waals surface area (Å²) in [6.07, 6.45) is 3.91. The number of rotatable bonds is 5. The second kappa shape index (κ2) is 6.70. The molecule has 1 heterocycles. The van der Waals surface area contributed by atoms with Gasteiger partial charge in [0.05, 0.1) is 19.8 Å². The van der Waals surface area contributed by atoms with Crippen molar-refractivity contribution >= 4 is 5.91 Å². The van der Waals surface area contributed by atoms with Crippen molar-refractivity contribution in [2.24, 2.45) is 11.3 Å². The van der Waals surface area contributed by atoms with Gasteiger partial charge in [0.2, 0.25) is 0 Å². The van der Waals surface area contributed by atoms with Gasteiger partial charge in [-0.25, -0.2) is 5.84 Å². The summed E-state index contributed by atoms with van der Waals surface area (Å²) in [5.41, 5.74) is 1.71. The van der Waals surface area contributed by atoms with Crippen LogP contribution in [0.5, 0.6) is 0 Å². The number of aliphatic hydroxyl groups excluding tert-OH is 1. The summed E-state index contributed by atoms with van der Waals surface area (Å²) >= 11 is 0. The first-order chi connectivity index (χ1) is 8.15. The average Bonchev–Trinajstić information content (AvgIpc) is 2.39. The Morgan fingerprint density at radius 2 is 2.24 bits per heavy atom. The molecule has 98 valence electrons. The van der Waals surface area contributed by atoms with Crippen LogP contribution < -0.4 is 11.3 Å². The number of aliphatic hydroxyl groups is 1. The lowest BCUT2D eigenvalue weighted by Crippen LogP contribution is -2.43. The van der Waals surface area contributed by atoms with Gasteiger partial charge in [-0.2, -0.15) is 0 Å². The first kappa shape index (κ1) is 14.1. The summed E-state index contributed by atoms with van der Waals surface area (Å²) in [7, 11) is 0. The number of nitrogens with two attached hydrogens (primary N) is 1. The molecule has 1 saturated heterocycles. The van der Waals surface area contributed by atoms with E-state index in [9.17, 15) is 9.90 Å². The molecule has 6 nitrogen and oxygen atoms in total. The summed E-state index contributed by atoms with van der Waals surface area (Å²) in [6.45, 7) is 3.00. The van der Waals surface area contributed by atoms with Gasteiger partial charge in [-0.1, -0.05) is 13.0 Å². The van der Waals surface area contributed by atoms with Gasteiger partial charge in [-0.15, -0.1) is 0 Å². The van der Waals surface area contributed by atoms with Gasteiger partial charge in [-0.3, -0.25) is 10.2 Å². The number of amides is 1. The SMILES string of the molecule is CCC1(CO)COC(CC=CC(=O)NN)OC1. The lowest BCUT2D eigenvalue weighted by Gasteiger charge is -2.37. The number of hydrazine groups is 1. The van der Waals surface area contributed by atoms with Crippen LogP contribution in [-0.4, -0.2) is 37.1 Å². The molecule has 1 aliphatic rings. The molecule has 0 radical (unpaired) electrons. The zero-order valence-electron chi connectivity index (χ0n) is 10.0. The molecule has 0 aliphatic carbocycles. The Kier molecular flexibility index (Phi) is 5.57. The number of hydrogen-bond acceptors (Lipinski definition) is 5. The number of ether oxygens (including phenoxy) is 2. The van der Waals surface area contributed by atoms with E-state index in [0.29, 0.717) is 19.6 Å². The standard InChI is InChI=1S/C11H20N2O4/c1-2-11(6-14)7-16-10(17-8-11)5-3-4-9(15)13-12/h3-4,10,14H,2,5-8,12H2,1H3,(H,13,15). The first-order valence-corrected chi connectivity index (χ1v) is 5.67. The van der Waals surface area contributed by atoms with Crippen molar-refractivity contribution in [1.29, 1.82) is 0 Å². The molecule has 0 aromatic carbocycles. The minimum Gasteiger partial charge on any atom is -0.396 e. The molecule has 6 heteroatoms. The van der Waals surface area contributed by atoms with Crippen LogP contribution in [0.2, 0.25) is 0 Å². The summed E-state index contributed by atoms with van der Waals surface area (Å²) in [6, 6.07) is 0. The van der Waals surface area contributed by atoms with Gasteiger partial charge < -0.3 is 14.6 Å². The van der Waals surface area contributed by atoms with Gasteiger partial charge >= 0.3 is 0 Å². The highest BCUT2D eigenvalue weighted by atomic mass is 16.7. The van der Waals surface area contributed by atoms with Crippen LogP contribution in [0.25, 0.3) is 0 Å². The van der Waals surface area contributed by atoms with Gasteiger partial charge in [-0.05, 0) is 6.42 Å². The van der Waals surface area contributed by atoms with Crippen LogP contribution in [0, 0.1) is 5.41 Å². The zero-order chi connectivity index (χ0) is 12.7. The summed E-state index contributed by atoms with van der Waals surface area (Å²) in [4.78, 5) is 10.8. The van der Waals surface area contributed by atoms with E-state index in [0.717, 1.165) is 6.42 Å². The summed E-state index contributed by atoms with van der Waals surface area (Å²) in [5.74, 6) is 4.56. The predicted molar refractivity (Wildman–Crippen MR) is 61.6 cm³/mol. The highest BCUT2D eigenvalue weighted by Gasteiger charge is 2.34. The number of carbonyl (C=O) groups is 1. The topological polar surface area (TPSA) is 93.8 Å². The Labute approximate surface area is 101 Å². The van der Waals surface area contributed by atoms with Crippen molar-refractivity contribution in [1.82, 2.24) is 5.43 Å². The van der Waals surface area contributed by atoms with Crippen LogP contribution in [0.4, 0.5) is 0 Å². The Morgan fingerprint density at radius 1 is 1.59 bits per heavy atom. The molecule has 4 N–H and O–H groups in total. The summed E-state index contributed by atoms with van der Waals surface area (Å²) < 4.78 is 11.0. The molecule has 0 saturated carbocycles. The second-order valence-electron chi connectivity index (χ2n) is 4.21. The van der Waals surface area contributed by atoms with Crippen LogP contribution in [0.1, 0.15) is 19.8 Å². The van der Waals surface area contributed by atoms with Gasteiger partial charge in [0.1, 0.15) is 0 Å². The molecule has 0 atom stereocenters. The Bertz CT molecular complexity index is 267. The van der Waals surface area contributed by atoms with Crippen LogP contribution in [0.3, 0.4) is 0 Å². The maximum absolute atomic E-state index is 10.8. The highest BCUT2D eigenvalue weighted by molar-refractivity contribution is 5.86. The lowest BCUT2D eigenvalue weighted by molar-refractivity contribution is -0.235. The molecule has 1 fully saturated rings. The Hall–Kier alpha value is -0.950. The smallest absolute Gasteiger partial charge is 0.257 e. The highest BCUT2D eigenvalue weighted by Crippen LogP contribution is 2.28. The molecule has 17 heavy (non-hydrogen) atoms. The monoisotopic (exact) mass is 244 g/mol. The van der Waals surface area contributed by atoms with Crippen molar-refractivity contribution < 1.29 is 19.4 Å². The van der Waals surface area contributed by atoms with Crippen molar-refractivity contribution in [3.63, 3.8) is 0 Å². The van der Waals surface area contributed by atoms with Gasteiger partial charge in [0, 0.05) is 17.9 Å². The number of carbonyl (C=O) groups excluding carboxylic acids is 1. The third kappa shape index (κ3) is 4.08. The Balaban J connectivity index is 2.32. The van der Waals surface area contributed by atoms with E-state index < -0.39 is 0 Å². The molecule has 1 amide bonds. The quantitative estimate of drug-likeness (QED) is 0.267. The van der Waals surface area contributed by atoms with Crippen molar-refractivity contribution in [3.8, 4) is 0 Å². The molecule has 0 aromatic heterocycles. The molecular weight excluding hydrogens is 224 g/mol. The molecule has 0 unspecified atom stereocenters. The normalized spacial score (nSPS) is 29.5. The maximum atomic E-state index is 10.8. The predicted octanol–water partition coefficient (Wildman–Crippen LogP) is -0.316. The minimum absolute atomic E-state index is 0.0572. The third-order valence-electron chi connectivity index (χ3n) is 2.98. The van der Waals surface area contributed by atoms with E-state index in [2.05, 4.69) is 0 Å². The largest absolute Gasteiger partial charge is 0.396 e. The van der Waals surface area contributed by atoms with Crippen molar-refractivity contribution in [3.05, 3.63) is 12.2 Å². The third-order valence-corrected chi connectivity index (χ3v) is 2.98. The van der Waals surface area contributed by atoms with E-state index >= 15 is 0 Å². The van der Waals surface area contributed by atoms with E-state index in [1.54, 1.807) is 6.08 Å². The van der Waals surface area contributed by atoms with Crippen LogP contribution in [-0.2, 0) is 14.3 Å². The fourth-order valence-corrected chi connectivity index (χ4v) is 1.51. The van der Waals surface area contributed by atoms with E-state index in [-0.39, 0.29) is 24.2 Å². The van der Waals surface area contributed by atoms with E-state index in [1.165, 1.54) is 6.08 Å². The fraction of sp³-hybridized carbons (Fsp3) is 0.727. The number of nitrogens with one attached hydrogen (secondary N) is 1.